The Morgan fingerprint density at radius 2 is 1.95 bits per heavy atom. The van der Waals surface area contributed by atoms with Gasteiger partial charge in [-0.25, -0.2) is 0 Å². The van der Waals surface area contributed by atoms with Crippen molar-refractivity contribution in [3.63, 3.8) is 0 Å². The van der Waals surface area contributed by atoms with Crippen molar-refractivity contribution in [3.05, 3.63) is 39.9 Å². The van der Waals surface area contributed by atoms with E-state index in [-0.39, 0.29) is 18.7 Å². The number of ether oxygens (including phenoxy) is 1. The number of benzene rings is 1. The Balaban J connectivity index is 2.50. The van der Waals surface area contributed by atoms with Crippen LogP contribution in [0.3, 0.4) is 0 Å². The standard InChI is InChI=1S/C11H10BrNO6/c12-9(5-10(14)15)11(16)19-6-7-1-3-8(4-2-7)13(17)18/h1-4,9H,5-6H2,(H,14,15). The lowest BCUT2D eigenvalue weighted by Gasteiger charge is -2.08. The average molecular weight is 332 g/mol. The fourth-order valence-corrected chi connectivity index (χ4v) is 1.60. The summed E-state index contributed by atoms with van der Waals surface area (Å²) in [7, 11) is 0. The Bertz CT molecular complexity index is 486. The van der Waals surface area contributed by atoms with Crippen LogP contribution in [0.4, 0.5) is 5.69 Å². The molecule has 0 radical (unpaired) electrons. The predicted octanol–water partition coefficient (Wildman–Crippen LogP) is 1.88. The maximum Gasteiger partial charge on any atom is 0.320 e. The number of hydrogen-bond acceptors (Lipinski definition) is 5. The van der Waals surface area contributed by atoms with Gasteiger partial charge in [0.15, 0.2) is 0 Å². The number of rotatable bonds is 6. The third-order valence-electron chi connectivity index (χ3n) is 2.14. The molecule has 1 aromatic carbocycles. The maximum atomic E-state index is 11.4. The van der Waals surface area contributed by atoms with Crippen molar-refractivity contribution in [2.24, 2.45) is 0 Å². The van der Waals surface area contributed by atoms with Crippen LogP contribution in [0.15, 0.2) is 24.3 Å². The number of carbonyl (C=O) groups is 2. The number of nitro groups is 1. The first-order chi connectivity index (χ1) is 8.90. The number of nitro benzene ring substituents is 1. The summed E-state index contributed by atoms with van der Waals surface area (Å²) in [4.78, 5) is 30.8. The molecule has 0 saturated carbocycles. The number of carbonyl (C=O) groups excluding carboxylic acids is 1. The maximum absolute atomic E-state index is 11.4. The average Bonchev–Trinajstić information content (AvgIpc) is 2.35. The van der Waals surface area contributed by atoms with Gasteiger partial charge in [-0.2, -0.15) is 0 Å². The number of non-ortho nitro benzene ring substituents is 1. The van der Waals surface area contributed by atoms with E-state index < -0.39 is 21.7 Å². The zero-order chi connectivity index (χ0) is 14.4. The van der Waals surface area contributed by atoms with E-state index in [1.165, 1.54) is 24.3 Å². The van der Waals surface area contributed by atoms with Gasteiger partial charge in [0.1, 0.15) is 11.4 Å². The second-order valence-electron chi connectivity index (χ2n) is 3.60. The summed E-state index contributed by atoms with van der Waals surface area (Å²) in [5.41, 5.74) is 0.522. The van der Waals surface area contributed by atoms with Gasteiger partial charge in [-0.15, -0.1) is 0 Å². The quantitative estimate of drug-likeness (QED) is 0.369. The van der Waals surface area contributed by atoms with Crippen LogP contribution in [0.25, 0.3) is 0 Å². The Morgan fingerprint density at radius 3 is 2.42 bits per heavy atom. The third kappa shape index (κ3) is 5.04. The van der Waals surface area contributed by atoms with Crippen molar-refractivity contribution in [1.29, 1.82) is 0 Å². The second kappa shape index (κ2) is 6.83. The zero-order valence-corrected chi connectivity index (χ0v) is 11.2. The summed E-state index contributed by atoms with van der Waals surface area (Å²) < 4.78 is 4.87. The summed E-state index contributed by atoms with van der Waals surface area (Å²) in [5.74, 6) is -1.81. The van der Waals surface area contributed by atoms with Gasteiger partial charge < -0.3 is 9.84 Å². The van der Waals surface area contributed by atoms with Gasteiger partial charge in [-0.3, -0.25) is 19.7 Å². The Labute approximate surface area is 116 Å². The molecule has 1 atom stereocenters. The van der Waals surface area contributed by atoms with Crippen molar-refractivity contribution >= 4 is 33.6 Å². The lowest BCUT2D eigenvalue weighted by molar-refractivity contribution is -0.384. The zero-order valence-electron chi connectivity index (χ0n) is 9.61. The molecule has 0 heterocycles. The minimum absolute atomic E-state index is 0.0562. The second-order valence-corrected chi connectivity index (χ2v) is 4.70. The van der Waals surface area contributed by atoms with Crippen LogP contribution in [0, 0.1) is 10.1 Å². The molecule has 1 aromatic rings. The highest BCUT2D eigenvalue weighted by molar-refractivity contribution is 9.10. The van der Waals surface area contributed by atoms with E-state index in [4.69, 9.17) is 9.84 Å². The highest BCUT2D eigenvalue weighted by Gasteiger charge is 2.19. The van der Waals surface area contributed by atoms with Crippen LogP contribution in [0.5, 0.6) is 0 Å². The lowest BCUT2D eigenvalue weighted by Crippen LogP contribution is -2.20. The first-order valence-electron chi connectivity index (χ1n) is 5.16. The number of halogens is 1. The van der Waals surface area contributed by atoms with Crippen molar-refractivity contribution < 1.29 is 24.4 Å². The smallest absolute Gasteiger partial charge is 0.320 e. The number of aliphatic carboxylic acids is 1. The molecule has 1 N–H and O–H groups in total. The molecule has 0 bridgehead atoms. The number of hydrogen-bond donors (Lipinski definition) is 1. The molecule has 102 valence electrons. The fraction of sp³-hybridized carbons (Fsp3) is 0.273. The van der Waals surface area contributed by atoms with Gasteiger partial charge in [-0.05, 0) is 17.7 Å². The molecule has 0 aliphatic carbocycles. The first kappa shape index (κ1) is 15.1. The Morgan fingerprint density at radius 1 is 1.37 bits per heavy atom. The summed E-state index contributed by atoms with van der Waals surface area (Å²) in [6.45, 7) is -0.0709. The molecule has 1 unspecified atom stereocenters. The molecular weight excluding hydrogens is 322 g/mol. The van der Waals surface area contributed by atoms with Crippen LogP contribution in [-0.4, -0.2) is 26.8 Å². The summed E-state index contributed by atoms with van der Waals surface area (Å²) in [5, 5.41) is 18.9. The normalized spacial score (nSPS) is 11.6. The van der Waals surface area contributed by atoms with Gasteiger partial charge in [0, 0.05) is 12.1 Å². The van der Waals surface area contributed by atoms with E-state index in [0.717, 1.165) is 0 Å². The SMILES string of the molecule is O=C(O)CC(Br)C(=O)OCc1ccc([N+](=O)[O-])cc1. The molecule has 7 nitrogen and oxygen atoms in total. The van der Waals surface area contributed by atoms with Crippen molar-refractivity contribution in [2.75, 3.05) is 0 Å². The monoisotopic (exact) mass is 331 g/mol. The molecule has 0 saturated heterocycles. The van der Waals surface area contributed by atoms with Crippen molar-refractivity contribution in [2.45, 2.75) is 17.9 Å². The summed E-state index contributed by atoms with van der Waals surface area (Å²) in [6, 6.07) is 5.52. The highest BCUT2D eigenvalue weighted by atomic mass is 79.9. The van der Waals surface area contributed by atoms with Crippen LogP contribution < -0.4 is 0 Å². The molecule has 0 fully saturated rings. The Kier molecular flexibility index (Phi) is 5.43. The Hall–Kier alpha value is -1.96. The summed E-state index contributed by atoms with van der Waals surface area (Å²) in [6.07, 6.45) is -0.376. The molecular formula is C11H10BrNO6. The fourth-order valence-electron chi connectivity index (χ4n) is 1.20. The van der Waals surface area contributed by atoms with Crippen LogP contribution in [0.1, 0.15) is 12.0 Å². The van der Waals surface area contributed by atoms with Crippen molar-refractivity contribution in [3.8, 4) is 0 Å². The molecule has 0 aliphatic rings. The number of alkyl halides is 1. The van der Waals surface area contributed by atoms with E-state index in [1.807, 2.05) is 0 Å². The van der Waals surface area contributed by atoms with Crippen LogP contribution in [-0.2, 0) is 20.9 Å². The van der Waals surface area contributed by atoms with E-state index in [0.29, 0.717) is 5.56 Å². The molecule has 8 heteroatoms. The van der Waals surface area contributed by atoms with Gasteiger partial charge >= 0.3 is 11.9 Å². The molecule has 0 aromatic heterocycles. The largest absolute Gasteiger partial charge is 0.481 e. The van der Waals surface area contributed by atoms with E-state index in [9.17, 15) is 19.7 Å². The predicted molar refractivity (Wildman–Crippen MR) is 67.9 cm³/mol. The molecule has 19 heavy (non-hydrogen) atoms. The molecule has 1 rings (SSSR count). The van der Waals surface area contributed by atoms with Crippen LogP contribution >= 0.6 is 15.9 Å². The number of carboxylic acid groups (broad SMARTS) is 1. The van der Waals surface area contributed by atoms with E-state index >= 15 is 0 Å². The molecule has 0 amide bonds. The number of carboxylic acids is 1. The van der Waals surface area contributed by atoms with E-state index in [1.54, 1.807) is 0 Å². The van der Waals surface area contributed by atoms with E-state index in [2.05, 4.69) is 15.9 Å². The topological polar surface area (TPSA) is 107 Å². The lowest BCUT2D eigenvalue weighted by atomic mass is 10.2. The number of nitrogens with zero attached hydrogens (tertiary/aromatic N) is 1. The first-order valence-corrected chi connectivity index (χ1v) is 6.07. The van der Waals surface area contributed by atoms with Gasteiger partial charge in [0.25, 0.3) is 5.69 Å². The van der Waals surface area contributed by atoms with Gasteiger partial charge in [-0.1, -0.05) is 15.9 Å². The summed E-state index contributed by atoms with van der Waals surface area (Å²) >= 11 is 2.90. The minimum Gasteiger partial charge on any atom is -0.481 e. The molecule has 0 aliphatic heterocycles. The highest BCUT2D eigenvalue weighted by Crippen LogP contribution is 2.14. The number of esters is 1. The molecule has 0 spiro atoms. The van der Waals surface area contributed by atoms with Crippen molar-refractivity contribution in [1.82, 2.24) is 0 Å². The third-order valence-corrected chi connectivity index (χ3v) is 2.84. The van der Waals surface area contributed by atoms with Gasteiger partial charge in [0.2, 0.25) is 0 Å². The minimum atomic E-state index is -1.12. The van der Waals surface area contributed by atoms with Gasteiger partial charge in [0.05, 0.1) is 11.3 Å². The van der Waals surface area contributed by atoms with Crippen LogP contribution in [0.2, 0.25) is 0 Å².